The molecule has 1 aromatic rings. The van der Waals surface area contributed by atoms with E-state index >= 15 is 0 Å². The highest BCUT2D eigenvalue weighted by Crippen LogP contribution is 2.17. The van der Waals surface area contributed by atoms with E-state index in [2.05, 4.69) is 25.1 Å². The van der Waals surface area contributed by atoms with E-state index in [1.165, 1.54) is 5.56 Å². The van der Waals surface area contributed by atoms with Crippen molar-refractivity contribution in [3.63, 3.8) is 0 Å². The van der Waals surface area contributed by atoms with Crippen molar-refractivity contribution < 1.29 is 14.6 Å². The molecule has 4 atom stereocenters. The highest BCUT2D eigenvalue weighted by atomic mass is 16.5. The topological polar surface area (TPSA) is 72.5 Å². The highest BCUT2D eigenvalue weighted by Gasteiger charge is 2.17. The molecule has 0 bridgehead atoms. The van der Waals surface area contributed by atoms with E-state index < -0.39 is 17.9 Å². The minimum Gasteiger partial charge on any atom is -0.481 e. The standard InChI is InChI=1S/C20H29NO3/c1-14(10-11-18(21)16(3)20(22)23)12-15(2)19(24-4)13-17-8-6-5-7-9-17/h5-12,15-16,18-19H,13,21H2,1-4H3,(H,22,23)/b11-10+,14-12+/t15-,16-,18+,19-/m1/s1. The number of hydrogen-bond donors (Lipinski definition) is 2. The van der Waals surface area contributed by atoms with Gasteiger partial charge in [0.1, 0.15) is 0 Å². The fourth-order valence-corrected chi connectivity index (χ4v) is 2.50. The summed E-state index contributed by atoms with van der Waals surface area (Å²) in [5, 5.41) is 8.96. The Hall–Kier alpha value is -1.91. The van der Waals surface area contributed by atoms with E-state index in [4.69, 9.17) is 15.6 Å². The van der Waals surface area contributed by atoms with Crippen LogP contribution in [0.2, 0.25) is 0 Å². The van der Waals surface area contributed by atoms with Crippen LogP contribution in [0, 0.1) is 11.8 Å². The predicted octanol–water partition coefficient (Wildman–Crippen LogP) is 3.43. The van der Waals surface area contributed by atoms with Crippen LogP contribution in [0.25, 0.3) is 0 Å². The Morgan fingerprint density at radius 3 is 2.46 bits per heavy atom. The molecule has 1 aromatic carbocycles. The molecule has 0 aromatic heterocycles. The largest absolute Gasteiger partial charge is 0.481 e. The summed E-state index contributed by atoms with van der Waals surface area (Å²) in [6, 6.07) is 9.76. The highest BCUT2D eigenvalue weighted by molar-refractivity contribution is 5.70. The summed E-state index contributed by atoms with van der Waals surface area (Å²) in [6.45, 7) is 5.72. The molecular weight excluding hydrogens is 302 g/mol. The van der Waals surface area contributed by atoms with Gasteiger partial charge in [-0.15, -0.1) is 0 Å². The van der Waals surface area contributed by atoms with Crippen molar-refractivity contribution in [2.24, 2.45) is 17.6 Å². The van der Waals surface area contributed by atoms with Gasteiger partial charge in [-0.1, -0.05) is 68.0 Å². The molecule has 0 fully saturated rings. The third-order valence-corrected chi connectivity index (χ3v) is 4.24. The molecule has 0 spiro atoms. The van der Waals surface area contributed by atoms with Crippen LogP contribution in [-0.2, 0) is 16.0 Å². The van der Waals surface area contributed by atoms with Gasteiger partial charge in [-0.2, -0.15) is 0 Å². The first-order valence-corrected chi connectivity index (χ1v) is 8.26. The summed E-state index contributed by atoms with van der Waals surface area (Å²) in [4.78, 5) is 10.9. The van der Waals surface area contributed by atoms with E-state index in [9.17, 15) is 4.79 Å². The van der Waals surface area contributed by atoms with Crippen molar-refractivity contribution >= 4 is 5.97 Å². The van der Waals surface area contributed by atoms with Gasteiger partial charge in [-0.3, -0.25) is 4.79 Å². The Balaban J connectivity index is 2.69. The first-order chi connectivity index (χ1) is 11.3. The SMILES string of the molecule is CO[C@H](Cc1ccccc1)[C@H](C)/C=C(C)/C=C/[C@H](N)[C@@H](C)C(=O)O. The summed E-state index contributed by atoms with van der Waals surface area (Å²) >= 11 is 0. The van der Waals surface area contributed by atoms with Gasteiger partial charge < -0.3 is 15.6 Å². The molecule has 4 nitrogen and oxygen atoms in total. The summed E-state index contributed by atoms with van der Waals surface area (Å²) in [7, 11) is 1.73. The molecule has 24 heavy (non-hydrogen) atoms. The minimum absolute atomic E-state index is 0.0855. The van der Waals surface area contributed by atoms with Crippen LogP contribution in [0.5, 0.6) is 0 Å². The lowest BCUT2D eigenvalue weighted by molar-refractivity contribution is -0.141. The molecule has 0 heterocycles. The van der Waals surface area contributed by atoms with Crippen LogP contribution in [0.3, 0.4) is 0 Å². The Bertz CT molecular complexity index is 566. The molecule has 0 amide bonds. The summed E-state index contributed by atoms with van der Waals surface area (Å²) < 4.78 is 5.64. The molecule has 3 N–H and O–H groups in total. The number of nitrogens with two attached hydrogens (primary N) is 1. The first kappa shape index (κ1) is 20.1. The van der Waals surface area contributed by atoms with E-state index in [1.54, 1.807) is 20.1 Å². The average molecular weight is 331 g/mol. The van der Waals surface area contributed by atoms with Crippen LogP contribution in [-0.4, -0.2) is 30.3 Å². The molecule has 4 heteroatoms. The van der Waals surface area contributed by atoms with Crippen molar-refractivity contribution in [1.82, 2.24) is 0 Å². The zero-order valence-corrected chi connectivity index (χ0v) is 15.0. The normalized spacial score (nSPS) is 17.5. The number of methoxy groups -OCH3 is 1. The van der Waals surface area contributed by atoms with Gasteiger partial charge in [0.2, 0.25) is 0 Å². The van der Waals surface area contributed by atoms with E-state index in [-0.39, 0.29) is 12.0 Å². The smallest absolute Gasteiger partial charge is 0.308 e. The van der Waals surface area contributed by atoms with Gasteiger partial charge in [0, 0.05) is 19.1 Å². The van der Waals surface area contributed by atoms with E-state index in [1.807, 2.05) is 31.2 Å². The summed E-state index contributed by atoms with van der Waals surface area (Å²) in [5.41, 5.74) is 8.16. The second kappa shape index (κ2) is 10.1. The quantitative estimate of drug-likeness (QED) is 0.680. The second-order valence-electron chi connectivity index (χ2n) is 6.30. The number of benzene rings is 1. The van der Waals surface area contributed by atoms with Gasteiger partial charge in [0.25, 0.3) is 0 Å². The molecule has 0 aliphatic heterocycles. The maximum absolute atomic E-state index is 10.9. The van der Waals surface area contributed by atoms with Crippen molar-refractivity contribution in [2.75, 3.05) is 7.11 Å². The van der Waals surface area contributed by atoms with Crippen molar-refractivity contribution in [3.05, 3.63) is 59.7 Å². The van der Waals surface area contributed by atoms with Gasteiger partial charge >= 0.3 is 5.97 Å². The number of aliphatic carboxylic acids is 1. The first-order valence-electron chi connectivity index (χ1n) is 8.26. The Morgan fingerprint density at radius 2 is 1.92 bits per heavy atom. The fraction of sp³-hybridized carbons (Fsp3) is 0.450. The van der Waals surface area contributed by atoms with Gasteiger partial charge in [0.15, 0.2) is 0 Å². The molecule has 0 saturated heterocycles. The van der Waals surface area contributed by atoms with Gasteiger partial charge in [-0.25, -0.2) is 0 Å². The van der Waals surface area contributed by atoms with Crippen molar-refractivity contribution in [3.8, 4) is 0 Å². The molecule has 0 saturated carbocycles. The zero-order valence-electron chi connectivity index (χ0n) is 15.0. The molecule has 0 aliphatic carbocycles. The Morgan fingerprint density at radius 1 is 1.29 bits per heavy atom. The van der Waals surface area contributed by atoms with Crippen LogP contribution in [0.1, 0.15) is 26.3 Å². The molecule has 0 unspecified atom stereocenters. The van der Waals surface area contributed by atoms with Crippen molar-refractivity contribution in [2.45, 2.75) is 39.3 Å². The third kappa shape index (κ3) is 6.69. The fourth-order valence-electron chi connectivity index (χ4n) is 2.50. The second-order valence-corrected chi connectivity index (χ2v) is 6.30. The molecular formula is C20H29NO3. The maximum atomic E-state index is 10.9. The Labute approximate surface area is 145 Å². The lowest BCUT2D eigenvalue weighted by atomic mass is 9.95. The molecule has 0 radical (unpaired) electrons. The lowest BCUT2D eigenvalue weighted by Gasteiger charge is -2.21. The van der Waals surface area contributed by atoms with Crippen molar-refractivity contribution in [1.29, 1.82) is 0 Å². The molecule has 132 valence electrons. The number of hydrogen-bond acceptors (Lipinski definition) is 3. The number of ether oxygens (including phenoxy) is 1. The summed E-state index contributed by atoms with van der Waals surface area (Å²) in [6.07, 6.45) is 6.70. The molecule has 1 rings (SSSR count). The number of carbonyl (C=O) groups is 1. The monoisotopic (exact) mass is 331 g/mol. The minimum atomic E-state index is -0.885. The van der Waals surface area contributed by atoms with Crippen LogP contribution in [0.15, 0.2) is 54.1 Å². The van der Waals surface area contributed by atoms with E-state index in [0.29, 0.717) is 0 Å². The van der Waals surface area contributed by atoms with Gasteiger partial charge in [-0.05, 0) is 18.9 Å². The maximum Gasteiger partial charge on any atom is 0.308 e. The Kier molecular flexibility index (Phi) is 8.44. The number of carboxylic acids is 1. The molecule has 0 aliphatic rings. The number of allylic oxidation sites excluding steroid dienone is 2. The van der Waals surface area contributed by atoms with Gasteiger partial charge in [0.05, 0.1) is 12.0 Å². The average Bonchev–Trinajstić information content (AvgIpc) is 2.57. The van der Waals surface area contributed by atoms with Crippen LogP contribution < -0.4 is 5.73 Å². The predicted molar refractivity (Wildman–Crippen MR) is 97.8 cm³/mol. The van der Waals surface area contributed by atoms with Crippen LogP contribution in [0.4, 0.5) is 0 Å². The van der Waals surface area contributed by atoms with Crippen LogP contribution >= 0.6 is 0 Å². The summed E-state index contributed by atoms with van der Waals surface area (Å²) in [5.74, 6) is -1.26. The number of carboxylic acid groups (broad SMARTS) is 1. The lowest BCUT2D eigenvalue weighted by Crippen LogP contribution is -2.31. The number of rotatable bonds is 9. The third-order valence-electron chi connectivity index (χ3n) is 4.24. The zero-order chi connectivity index (χ0) is 18.1. The van der Waals surface area contributed by atoms with E-state index in [0.717, 1.165) is 12.0 Å².